The number of ether oxygens (including phenoxy) is 1. The van der Waals surface area contributed by atoms with Crippen LogP contribution in [0.25, 0.3) is 0 Å². The van der Waals surface area contributed by atoms with E-state index >= 15 is 0 Å². The number of carbonyl (C=O) groups excluding carboxylic acids is 1. The molecule has 0 spiro atoms. The number of halogens is 1. The largest absolute Gasteiger partial charge is 0.468 e. The topological polar surface area (TPSA) is 26.3 Å². The molecule has 11 heavy (non-hydrogen) atoms. The molecule has 0 aromatic rings. The van der Waals surface area contributed by atoms with E-state index in [1.54, 1.807) is 0 Å². The van der Waals surface area contributed by atoms with Gasteiger partial charge >= 0.3 is 0 Å². The van der Waals surface area contributed by atoms with Crippen LogP contribution in [0.4, 0.5) is 0 Å². The van der Waals surface area contributed by atoms with Gasteiger partial charge < -0.3 is 4.74 Å². The van der Waals surface area contributed by atoms with Crippen molar-refractivity contribution in [2.75, 3.05) is 6.61 Å². The second-order valence-electron chi connectivity index (χ2n) is 2.66. The maximum Gasteiger partial charge on any atom is 0.293 e. The molecule has 2 unspecified atom stereocenters. The van der Waals surface area contributed by atoms with Crippen LogP contribution in [-0.2, 0) is 9.53 Å². The van der Waals surface area contributed by atoms with Gasteiger partial charge in [0.05, 0.1) is 6.61 Å². The lowest BCUT2D eigenvalue weighted by Gasteiger charge is -2.16. The molecule has 2 atom stereocenters. The highest BCUT2D eigenvalue weighted by Crippen LogP contribution is 2.18. The van der Waals surface area contributed by atoms with Gasteiger partial charge in [-0.2, -0.15) is 0 Å². The maximum absolute atomic E-state index is 9.91. The summed E-state index contributed by atoms with van der Waals surface area (Å²) in [7, 11) is 0. The predicted molar refractivity (Wildman–Crippen MR) is 53.9 cm³/mol. The summed E-state index contributed by atoms with van der Waals surface area (Å²) in [4.78, 5) is 9.91. The smallest absolute Gasteiger partial charge is 0.293 e. The molecule has 0 N–H and O–H groups in total. The molecule has 0 bridgehead atoms. The minimum atomic E-state index is 0.519. The van der Waals surface area contributed by atoms with Crippen LogP contribution in [0.15, 0.2) is 0 Å². The van der Waals surface area contributed by atoms with E-state index in [9.17, 15) is 4.79 Å². The highest BCUT2D eigenvalue weighted by atomic mass is 127. The van der Waals surface area contributed by atoms with Gasteiger partial charge in [0.1, 0.15) is 0 Å². The molecule has 0 aliphatic rings. The Bertz CT molecular complexity index is 104. The van der Waals surface area contributed by atoms with Crippen molar-refractivity contribution in [3.63, 3.8) is 0 Å². The summed E-state index contributed by atoms with van der Waals surface area (Å²) in [6, 6.07) is 0. The maximum atomic E-state index is 9.91. The first-order chi connectivity index (χ1) is 5.22. The van der Waals surface area contributed by atoms with Crippen molar-refractivity contribution < 1.29 is 9.53 Å². The molecular weight excluding hydrogens is 255 g/mol. The second kappa shape index (κ2) is 6.88. The zero-order chi connectivity index (χ0) is 8.69. The van der Waals surface area contributed by atoms with Gasteiger partial charge in [0, 0.05) is 9.84 Å². The lowest BCUT2D eigenvalue weighted by atomic mass is 10.0. The monoisotopic (exact) mass is 270 g/mol. The Labute approximate surface area is 81.8 Å². The lowest BCUT2D eigenvalue weighted by Crippen LogP contribution is -2.17. The van der Waals surface area contributed by atoms with Crippen molar-refractivity contribution in [2.45, 2.75) is 30.6 Å². The zero-order valence-electron chi connectivity index (χ0n) is 7.05. The minimum Gasteiger partial charge on any atom is -0.468 e. The Kier molecular flexibility index (Phi) is 7.01. The second-order valence-corrected chi connectivity index (χ2v) is 4.62. The Morgan fingerprint density at radius 2 is 2.27 bits per heavy atom. The third-order valence-electron chi connectivity index (χ3n) is 1.69. The summed E-state index contributed by atoms with van der Waals surface area (Å²) in [5.41, 5.74) is 0. The highest BCUT2D eigenvalue weighted by Gasteiger charge is 2.13. The van der Waals surface area contributed by atoms with Crippen molar-refractivity contribution in [1.29, 1.82) is 0 Å². The standard InChI is InChI=1S/C8H15IO2/c1-3-4-8(7(2)9)5-11-6-10/h6-8H,3-5H2,1-2H3. The molecular formula is C8H15IO2. The van der Waals surface area contributed by atoms with Gasteiger partial charge in [0.25, 0.3) is 6.47 Å². The van der Waals surface area contributed by atoms with Gasteiger partial charge in [-0.15, -0.1) is 0 Å². The van der Waals surface area contributed by atoms with E-state index in [4.69, 9.17) is 4.74 Å². The van der Waals surface area contributed by atoms with E-state index in [0.717, 1.165) is 12.8 Å². The summed E-state index contributed by atoms with van der Waals surface area (Å²) < 4.78 is 5.30. The fourth-order valence-corrected chi connectivity index (χ4v) is 1.55. The van der Waals surface area contributed by atoms with E-state index in [1.165, 1.54) is 0 Å². The average molecular weight is 270 g/mol. The van der Waals surface area contributed by atoms with Crippen LogP contribution < -0.4 is 0 Å². The van der Waals surface area contributed by atoms with Gasteiger partial charge in [0.15, 0.2) is 0 Å². The number of rotatable bonds is 6. The fourth-order valence-electron chi connectivity index (χ4n) is 0.979. The average Bonchev–Trinajstić information content (AvgIpc) is 1.97. The number of alkyl halides is 1. The Balaban J connectivity index is 3.59. The molecule has 0 aliphatic carbocycles. The SMILES string of the molecule is CCCC(COC=O)C(C)I. The molecule has 0 saturated carbocycles. The van der Waals surface area contributed by atoms with Crippen molar-refractivity contribution in [3.8, 4) is 0 Å². The first-order valence-corrected chi connectivity index (χ1v) is 5.16. The molecule has 3 heteroatoms. The molecule has 0 fully saturated rings. The molecule has 0 rings (SSSR count). The summed E-state index contributed by atoms with van der Waals surface area (Å²) in [6.07, 6.45) is 2.29. The lowest BCUT2D eigenvalue weighted by molar-refractivity contribution is -0.129. The van der Waals surface area contributed by atoms with Gasteiger partial charge in [-0.1, -0.05) is 42.9 Å². The van der Waals surface area contributed by atoms with Crippen LogP contribution in [0, 0.1) is 5.92 Å². The molecule has 0 aromatic heterocycles. The predicted octanol–water partition coefficient (Wildman–Crippen LogP) is 2.40. The Morgan fingerprint density at radius 1 is 1.64 bits per heavy atom. The van der Waals surface area contributed by atoms with Gasteiger partial charge in [0.2, 0.25) is 0 Å². The van der Waals surface area contributed by atoms with Crippen LogP contribution >= 0.6 is 22.6 Å². The van der Waals surface area contributed by atoms with Gasteiger partial charge in [-0.25, -0.2) is 0 Å². The third-order valence-corrected chi connectivity index (χ3v) is 2.70. The molecule has 0 radical (unpaired) electrons. The van der Waals surface area contributed by atoms with Crippen molar-refractivity contribution >= 4 is 29.1 Å². The van der Waals surface area contributed by atoms with E-state index < -0.39 is 0 Å². The first kappa shape index (κ1) is 11.2. The van der Waals surface area contributed by atoms with Crippen LogP contribution in [0.2, 0.25) is 0 Å². The summed E-state index contributed by atoms with van der Waals surface area (Å²) in [5, 5.41) is 0. The van der Waals surface area contributed by atoms with Crippen LogP contribution in [-0.4, -0.2) is 17.0 Å². The van der Waals surface area contributed by atoms with Crippen LogP contribution in [0.3, 0.4) is 0 Å². The Hall–Kier alpha value is 0.200. The third kappa shape index (κ3) is 5.47. The van der Waals surface area contributed by atoms with Gasteiger partial charge in [-0.3, -0.25) is 4.79 Å². The highest BCUT2D eigenvalue weighted by molar-refractivity contribution is 14.1. The molecule has 66 valence electrons. The zero-order valence-corrected chi connectivity index (χ0v) is 9.21. The summed E-state index contributed by atoms with van der Waals surface area (Å²) >= 11 is 2.37. The summed E-state index contributed by atoms with van der Waals surface area (Å²) in [6.45, 7) is 5.39. The van der Waals surface area contributed by atoms with Crippen molar-refractivity contribution in [1.82, 2.24) is 0 Å². The Morgan fingerprint density at radius 3 is 2.64 bits per heavy atom. The van der Waals surface area contributed by atoms with Crippen molar-refractivity contribution in [3.05, 3.63) is 0 Å². The molecule has 0 heterocycles. The number of carbonyl (C=O) groups is 1. The first-order valence-electron chi connectivity index (χ1n) is 3.91. The van der Waals surface area contributed by atoms with E-state index in [0.29, 0.717) is 22.9 Å². The normalized spacial score (nSPS) is 15.5. The molecule has 0 aromatic carbocycles. The summed E-state index contributed by atoms with van der Waals surface area (Å²) in [5.74, 6) is 0.519. The van der Waals surface area contributed by atoms with Crippen molar-refractivity contribution in [2.24, 2.45) is 5.92 Å². The quantitative estimate of drug-likeness (QED) is 0.421. The van der Waals surface area contributed by atoms with Crippen LogP contribution in [0.5, 0.6) is 0 Å². The van der Waals surface area contributed by atoms with E-state index in [1.807, 2.05) is 0 Å². The van der Waals surface area contributed by atoms with Crippen LogP contribution in [0.1, 0.15) is 26.7 Å². The molecule has 0 aliphatic heterocycles. The number of hydrogen-bond donors (Lipinski definition) is 0. The molecule has 0 saturated heterocycles. The minimum absolute atomic E-state index is 0.519. The number of hydrogen-bond acceptors (Lipinski definition) is 2. The fraction of sp³-hybridized carbons (Fsp3) is 0.875. The molecule has 2 nitrogen and oxygen atoms in total. The van der Waals surface area contributed by atoms with Gasteiger partial charge in [-0.05, 0) is 6.42 Å². The van der Waals surface area contributed by atoms with E-state index in [2.05, 4.69) is 36.4 Å². The molecule has 0 amide bonds. The van der Waals surface area contributed by atoms with E-state index in [-0.39, 0.29) is 0 Å².